The van der Waals surface area contributed by atoms with E-state index in [1.165, 1.54) is 34.9 Å². The van der Waals surface area contributed by atoms with E-state index in [1.807, 2.05) is 0 Å². The second-order valence-corrected chi connectivity index (χ2v) is 11.3. The molecule has 2 atom stereocenters. The Hall–Kier alpha value is -2.46. The zero-order valence-electron chi connectivity index (χ0n) is 18.9. The number of ether oxygens (including phenoxy) is 2. The number of hydrogen-bond donors (Lipinski definition) is 2. The summed E-state index contributed by atoms with van der Waals surface area (Å²) < 4.78 is 42.3. The van der Waals surface area contributed by atoms with Gasteiger partial charge in [0, 0.05) is 26.5 Å². The summed E-state index contributed by atoms with van der Waals surface area (Å²) in [4.78, 5) is 35.5. The molecular formula is C23H21Cl2FNO7PS. The number of benzene rings is 2. The molecule has 0 aliphatic heterocycles. The minimum atomic E-state index is -4.80. The molecule has 1 amide bonds. The maximum atomic E-state index is 14.0. The van der Waals surface area contributed by atoms with Crippen LogP contribution in [0.5, 0.6) is 0 Å². The molecule has 2 aromatic carbocycles. The number of nitrogens with one attached hydrogen (secondary N) is 1. The van der Waals surface area contributed by atoms with Crippen molar-refractivity contribution in [2.24, 2.45) is 0 Å². The molecule has 13 heteroatoms. The van der Waals surface area contributed by atoms with Crippen LogP contribution in [-0.2, 0) is 23.4 Å². The average molecular weight is 576 g/mol. The molecular weight excluding hydrogens is 555 g/mol. The number of hydrogen-bond acceptors (Lipinski definition) is 7. The van der Waals surface area contributed by atoms with Gasteiger partial charge in [-0.2, -0.15) is 0 Å². The van der Waals surface area contributed by atoms with Crippen molar-refractivity contribution >= 4 is 70.4 Å². The van der Waals surface area contributed by atoms with Gasteiger partial charge >= 0.3 is 13.8 Å². The summed E-state index contributed by atoms with van der Waals surface area (Å²) in [5, 5.41) is 5.01. The standard InChI is InChI=1S/C23H21Cl2FNO7PS/c1-13(2)34-23(29)32-12-33-35(30,31)21(18-11-36-20-6-4-16(25)10-17(18)20)22(28)27-8-7-14-9-15(24)3-5-19(14)26/h3-11,13,21H,12H2,1-2H3,(H,27,28)(H,30,31). The molecule has 0 fully saturated rings. The number of carbonyl (C=O) groups is 2. The molecule has 1 aromatic heterocycles. The summed E-state index contributed by atoms with van der Waals surface area (Å²) in [5.74, 6) is -1.51. The number of rotatable bonds is 9. The van der Waals surface area contributed by atoms with E-state index in [0.29, 0.717) is 15.1 Å². The van der Waals surface area contributed by atoms with E-state index in [2.05, 4.69) is 10.1 Å². The van der Waals surface area contributed by atoms with E-state index < -0.39 is 44.0 Å². The lowest BCUT2D eigenvalue weighted by molar-refractivity contribution is -0.120. The van der Waals surface area contributed by atoms with E-state index in [0.717, 1.165) is 12.3 Å². The Morgan fingerprint density at radius 3 is 2.61 bits per heavy atom. The van der Waals surface area contributed by atoms with E-state index in [-0.39, 0.29) is 16.1 Å². The molecule has 3 rings (SSSR count). The quantitative estimate of drug-likeness (QED) is 0.162. The summed E-state index contributed by atoms with van der Waals surface area (Å²) in [5.41, 5.74) is -1.47. The van der Waals surface area contributed by atoms with E-state index in [9.17, 15) is 23.4 Å². The molecule has 0 spiro atoms. The van der Waals surface area contributed by atoms with Gasteiger partial charge in [0.2, 0.25) is 12.7 Å². The monoisotopic (exact) mass is 575 g/mol. The van der Waals surface area contributed by atoms with Gasteiger partial charge in [0.05, 0.1) is 6.10 Å². The molecule has 3 aromatic rings. The van der Waals surface area contributed by atoms with Gasteiger partial charge in [-0.25, -0.2) is 9.18 Å². The fourth-order valence-corrected chi connectivity index (χ4v) is 5.79. The maximum absolute atomic E-state index is 14.0. The smallest absolute Gasteiger partial charge is 0.432 e. The molecule has 2 N–H and O–H groups in total. The van der Waals surface area contributed by atoms with Crippen molar-refractivity contribution in [1.29, 1.82) is 0 Å². The Morgan fingerprint density at radius 2 is 1.89 bits per heavy atom. The first-order chi connectivity index (χ1) is 17.0. The summed E-state index contributed by atoms with van der Waals surface area (Å²) in [7, 11) is -4.80. The number of carbonyl (C=O) groups excluding carboxylic acids is 2. The molecule has 36 heavy (non-hydrogen) atoms. The van der Waals surface area contributed by atoms with Gasteiger partial charge in [-0.1, -0.05) is 23.2 Å². The van der Waals surface area contributed by atoms with Crippen LogP contribution in [0, 0.1) is 5.82 Å². The highest BCUT2D eigenvalue weighted by molar-refractivity contribution is 7.54. The molecule has 192 valence electrons. The van der Waals surface area contributed by atoms with Gasteiger partial charge in [-0.05, 0) is 72.7 Å². The lowest BCUT2D eigenvalue weighted by Crippen LogP contribution is -2.26. The zero-order chi connectivity index (χ0) is 26.5. The number of fused-ring (bicyclic) bond motifs is 1. The first-order valence-corrected chi connectivity index (χ1v) is 13.6. The predicted molar refractivity (Wildman–Crippen MR) is 137 cm³/mol. The maximum Gasteiger partial charge on any atom is 0.510 e. The molecule has 0 aliphatic rings. The second kappa shape index (κ2) is 12.2. The van der Waals surface area contributed by atoms with Gasteiger partial charge in [-0.15, -0.1) is 11.3 Å². The van der Waals surface area contributed by atoms with Crippen LogP contribution in [0.4, 0.5) is 9.18 Å². The SMILES string of the molecule is CC(C)OC(=O)OCOP(=O)(O)C(C(=O)NC=Cc1cc(Cl)ccc1F)c1csc2ccc(Cl)cc12. The van der Waals surface area contributed by atoms with Gasteiger partial charge in [0.1, 0.15) is 5.82 Å². The number of amides is 1. The molecule has 1 heterocycles. The fourth-order valence-electron chi connectivity index (χ4n) is 3.08. The normalized spacial score (nSPS) is 14.1. The minimum Gasteiger partial charge on any atom is -0.432 e. The van der Waals surface area contributed by atoms with Crippen LogP contribution >= 0.6 is 42.1 Å². The van der Waals surface area contributed by atoms with E-state index >= 15 is 0 Å². The summed E-state index contributed by atoms with van der Waals surface area (Å²) in [6.45, 7) is 2.25. The van der Waals surface area contributed by atoms with Crippen molar-refractivity contribution in [1.82, 2.24) is 5.32 Å². The molecule has 0 aliphatic carbocycles. The highest BCUT2D eigenvalue weighted by atomic mass is 35.5. The van der Waals surface area contributed by atoms with Gasteiger partial charge in [0.25, 0.3) is 0 Å². The molecule has 0 saturated carbocycles. The molecule has 0 saturated heterocycles. The molecule has 0 bridgehead atoms. The second-order valence-electron chi connectivity index (χ2n) is 7.61. The van der Waals surface area contributed by atoms with Crippen LogP contribution in [-0.4, -0.2) is 29.9 Å². The van der Waals surface area contributed by atoms with Crippen molar-refractivity contribution in [3.63, 3.8) is 0 Å². The van der Waals surface area contributed by atoms with Gasteiger partial charge in [0.15, 0.2) is 5.66 Å². The lowest BCUT2D eigenvalue weighted by Gasteiger charge is -2.21. The highest BCUT2D eigenvalue weighted by Gasteiger charge is 2.41. The first-order valence-electron chi connectivity index (χ1n) is 10.4. The largest absolute Gasteiger partial charge is 0.510 e. The third kappa shape index (κ3) is 7.29. The summed E-state index contributed by atoms with van der Waals surface area (Å²) >= 11 is 13.2. The lowest BCUT2D eigenvalue weighted by atomic mass is 10.1. The third-order valence-electron chi connectivity index (χ3n) is 4.63. The average Bonchev–Trinajstić information content (AvgIpc) is 3.18. The minimum absolute atomic E-state index is 0.0904. The van der Waals surface area contributed by atoms with Crippen LogP contribution in [0.1, 0.15) is 30.6 Å². The molecule has 2 unspecified atom stereocenters. The van der Waals surface area contributed by atoms with Crippen molar-refractivity contribution in [3.05, 3.63) is 75.0 Å². The number of thiophene rings is 1. The summed E-state index contributed by atoms with van der Waals surface area (Å²) in [6.07, 6.45) is 0.773. The predicted octanol–water partition coefficient (Wildman–Crippen LogP) is 6.90. The van der Waals surface area contributed by atoms with Crippen LogP contribution in [0.25, 0.3) is 16.2 Å². The Bertz CT molecular complexity index is 1350. The van der Waals surface area contributed by atoms with Crippen molar-refractivity contribution in [2.75, 3.05) is 6.79 Å². The van der Waals surface area contributed by atoms with Gasteiger partial charge in [-0.3, -0.25) is 13.9 Å². The van der Waals surface area contributed by atoms with E-state index in [1.54, 1.807) is 32.0 Å². The van der Waals surface area contributed by atoms with E-state index in [4.69, 9.17) is 32.5 Å². The Kier molecular flexibility index (Phi) is 9.52. The zero-order valence-corrected chi connectivity index (χ0v) is 22.2. The Morgan fingerprint density at radius 1 is 1.19 bits per heavy atom. The van der Waals surface area contributed by atoms with Crippen molar-refractivity contribution in [3.8, 4) is 0 Å². The topological polar surface area (TPSA) is 111 Å². The Labute approximate surface area is 220 Å². The highest BCUT2D eigenvalue weighted by Crippen LogP contribution is 2.58. The van der Waals surface area contributed by atoms with Crippen LogP contribution in [0.2, 0.25) is 10.0 Å². The fraction of sp³-hybridized carbons (Fsp3) is 0.217. The van der Waals surface area contributed by atoms with Gasteiger partial charge < -0.3 is 19.7 Å². The third-order valence-corrected chi connectivity index (χ3v) is 7.72. The van der Waals surface area contributed by atoms with Crippen LogP contribution in [0.15, 0.2) is 48.0 Å². The van der Waals surface area contributed by atoms with Crippen LogP contribution < -0.4 is 5.32 Å². The Balaban J connectivity index is 1.88. The van der Waals surface area contributed by atoms with Crippen molar-refractivity contribution in [2.45, 2.75) is 25.6 Å². The first kappa shape index (κ1) is 28.1. The number of halogens is 3. The summed E-state index contributed by atoms with van der Waals surface area (Å²) in [6, 6.07) is 8.78. The molecule has 8 nitrogen and oxygen atoms in total. The van der Waals surface area contributed by atoms with Crippen molar-refractivity contribution < 1.29 is 37.4 Å². The van der Waals surface area contributed by atoms with Crippen LogP contribution in [0.3, 0.4) is 0 Å². The molecule has 0 radical (unpaired) electrons.